The number of nitrogens with one attached hydrogen (secondary N) is 1. The molecule has 1 amide bonds. The molecular weight excluding hydrogens is 294 g/mol. The Labute approximate surface area is 114 Å². The summed E-state index contributed by atoms with van der Waals surface area (Å²) in [5.41, 5.74) is -0.700. The van der Waals surface area contributed by atoms with Crippen molar-refractivity contribution in [3.05, 3.63) is 23.8 Å². The molecular formula is C11H12F2N2O4S. The van der Waals surface area contributed by atoms with E-state index in [9.17, 15) is 22.0 Å². The maximum atomic E-state index is 13.7. The van der Waals surface area contributed by atoms with Crippen LogP contribution < -0.4 is 10.5 Å². The summed E-state index contributed by atoms with van der Waals surface area (Å²) in [6.45, 7) is 0.595. The third-order valence-corrected chi connectivity index (χ3v) is 3.79. The minimum atomic E-state index is -4.22. The van der Waals surface area contributed by atoms with Crippen molar-refractivity contribution in [1.82, 2.24) is 0 Å². The quantitative estimate of drug-likeness (QED) is 0.853. The van der Waals surface area contributed by atoms with E-state index in [2.05, 4.69) is 5.32 Å². The molecule has 1 saturated heterocycles. The summed E-state index contributed by atoms with van der Waals surface area (Å²) in [5, 5.41) is 6.87. The van der Waals surface area contributed by atoms with E-state index in [1.165, 1.54) is 0 Å². The Hall–Kier alpha value is -1.58. The predicted molar refractivity (Wildman–Crippen MR) is 65.3 cm³/mol. The van der Waals surface area contributed by atoms with Gasteiger partial charge in [0.1, 0.15) is 5.69 Å². The van der Waals surface area contributed by atoms with Gasteiger partial charge in [0.25, 0.3) is 0 Å². The lowest BCUT2D eigenvalue weighted by Gasteiger charge is -2.11. The van der Waals surface area contributed by atoms with Gasteiger partial charge in [-0.3, -0.25) is 4.79 Å². The summed E-state index contributed by atoms with van der Waals surface area (Å²) in [5.74, 6) is -3.47. The van der Waals surface area contributed by atoms with Crippen molar-refractivity contribution < 1.29 is 26.7 Å². The normalized spacial score (nSPS) is 19.1. The third-order valence-electron chi connectivity index (χ3n) is 2.89. The van der Waals surface area contributed by atoms with E-state index in [0.29, 0.717) is 25.2 Å². The molecule has 1 aliphatic heterocycles. The van der Waals surface area contributed by atoms with Crippen LogP contribution in [-0.4, -0.2) is 27.5 Å². The van der Waals surface area contributed by atoms with Gasteiger partial charge in [0, 0.05) is 6.61 Å². The fourth-order valence-electron chi connectivity index (χ4n) is 1.80. The topological polar surface area (TPSA) is 98.5 Å². The zero-order chi connectivity index (χ0) is 14.9. The first kappa shape index (κ1) is 14.8. The van der Waals surface area contributed by atoms with Gasteiger partial charge in [-0.2, -0.15) is 0 Å². The van der Waals surface area contributed by atoms with Crippen molar-refractivity contribution in [3.63, 3.8) is 0 Å². The van der Waals surface area contributed by atoms with Gasteiger partial charge in [-0.25, -0.2) is 22.3 Å². The first-order chi connectivity index (χ1) is 9.29. The van der Waals surface area contributed by atoms with E-state index in [4.69, 9.17) is 9.88 Å². The van der Waals surface area contributed by atoms with E-state index in [-0.39, 0.29) is 6.61 Å². The smallest absolute Gasteiger partial charge is 0.238 e. The van der Waals surface area contributed by atoms with Gasteiger partial charge < -0.3 is 10.1 Å². The van der Waals surface area contributed by atoms with Gasteiger partial charge in [0.2, 0.25) is 15.9 Å². The van der Waals surface area contributed by atoms with Crippen molar-refractivity contribution in [2.24, 2.45) is 11.1 Å². The molecule has 1 atom stereocenters. The van der Waals surface area contributed by atoms with Crippen LogP contribution in [0.4, 0.5) is 14.5 Å². The molecule has 3 N–H and O–H groups in total. The van der Waals surface area contributed by atoms with Crippen LogP contribution in [0.5, 0.6) is 0 Å². The number of hydrogen-bond donors (Lipinski definition) is 2. The molecule has 0 spiro atoms. The van der Waals surface area contributed by atoms with Crippen molar-refractivity contribution in [3.8, 4) is 0 Å². The minimum absolute atomic E-state index is 0.185. The monoisotopic (exact) mass is 306 g/mol. The number of carbonyl (C=O) groups is 1. The molecule has 0 bridgehead atoms. The van der Waals surface area contributed by atoms with Crippen LogP contribution in [0.2, 0.25) is 0 Å². The number of anilines is 1. The highest BCUT2D eigenvalue weighted by atomic mass is 32.2. The maximum absolute atomic E-state index is 13.7. The Morgan fingerprint density at radius 2 is 1.95 bits per heavy atom. The van der Waals surface area contributed by atoms with Crippen molar-refractivity contribution in [2.75, 3.05) is 18.5 Å². The fraction of sp³-hybridized carbons (Fsp3) is 0.364. The van der Waals surface area contributed by atoms with Crippen LogP contribution in [0.3, 0.4) is 0 Å². The Balaban J connectivity index is 2.26. The first-order valence-electron chi connectivity index (χ1n) is 5.69. The Kier molecular flexibility index (Phi) is 4.02. The van der Waals surface area contributed by atoms with Gasteiger partial charge in [-0.15, -0.1) is 0 Å². The van der Waals surface area contributed by atoms with Crippen LogP contribution in [0.25, 0.3) is 0 Å². The Morgan fingerprint density at radius 1 is 1.35 bits per heavy atom. The number of sulfonamides is 1. The zero-order valence-corrected chi connectivity index (χ0v) is 11.0. The highest BCUT2D eigenvalue weighted by Crippen LogP contribution is 2.24. The lowest BCUT2D eigenvalue weighted by molar-refractivity contribution is -0.119. The second-order valence-electron chi connectivity index (χ2n) is 4.36. The number of ether oxygens (including phenoxy) is 1. The molecule has 6 nitrogen and oxygen atoms in total. The standard InChI is InChI=1S/C11H12F2N2O4S/c12-8-3-7(20(14,17)18)4-9(13)10(8)15-11(16)6-1-2-19-5-6/h3-4,6H,1-2,5H2,(H,15,16)(H2,14,17,18). The molecule has 1 fully saturated rings. The number of carbonyl (C=O) groups excluding carboxylic acids is 1. The molecule has 1 unspecified atom stereocenters. The average molecular weight is 306 g/mol. The number of rotatable bonds is 3. The van der Waals surface area contributed by atoms with E-state index in [0.717, 1.165) is 0 Å². The second kappa shape index (κ2) is 5.43. The third kappa shape index (κ3) is 3.11. The van der Waals surface area contributed by atoms with E-state index < -0.39 is 44.1 Å². The molecule has 0 radical (unpaired) electrons. The van der Waals surface area contributed by atoms with E-state index >= 15 is 0 Å². The number of primary sulfonamides is 1. The fourth-order valence-corrected chi connectivity index (χ4v) is 2.34. The lowest BCUT2D eigenvalue weighted by Crippen LogP contribution is -2.24. The molecule has 1 heterocycles. The number of nitrogens with two attached hydrogens (primary N) is 1. The summed E-state index contributed by atoms with van der Waals surface area (Å²) in [7, 11) is -4.22. The van der Waals surface area contributed by atoms with Gasteiger partial charge in [-0.1, -0.05) is 0 Å². The SMILES string of the molecule is NS(=O)(=O)c1cc(F)c(NC(=O)C2CCOC2)c(F)c1. The highest BCUT2D eigenvalue weighted by molar-refractivity contribution is 7.89. The minimum Gasteiger partial charge on any atom is -0.381 e. The van der Waals surface area contributed by atoms with Crippen LogP contribution in [0.15, 0.2) is 17.0 Å². The predicted octanol–water partition coefficient (Wildman–Crippen LogP) is 0.587. The maximum Gasteiger partial charge on any atom is 0.238 e. The number of hydrogen-bond acceptors (Lipinski definition) is 4. The summed E-state index contributed by atoms with van der Waals surface area (Å²) in [4.78, 5) is 11.0. The van der Waals surface area contributed by atoms with E-state index in [1.807, 2.05) is 0 Å². The van der Waals surface area contributed by atoms with Gasteiger partial charge in [0.05, 0.1) is 17.4 Å². The summed E-state index contributed by atoms with van der Waals surface area (Å²) in [6.07, 6.45) is 0.463. The van der Waals surface area contributed by atoms with Crippen molar-refractivity contribution >= 4 is 21.6 Å². The molecule has 0 aliphatic carbocycles. The molecule has 1 aliphatic rings. The van der Waals surface area contributed by atoms with Crippen LogP contribution in [0.1, 0.15) is 6.42 Å². The number of benzene rings is 1. The molecule has 2 rings (SSSR count). The summed E-state index contributed by atoms with van der Waals surface area (Å²) < 4.78 is 54.4. The summed E-state index contributed by atoms with van der Waals surface area (Å²) in [6, 6.07) is 1.11. The molecule has 9 heteroatoms. The number of halogens is 2. The van der Waals surface area contributed by atoms with Crippen LogP contribution in [-0.2, 0) is 19.6 Å². The zero-order valence-electron chi connectivity index (χ0n) is 10.2. The Morgan fingerprint density at radius 3 is 2.40 bits per heavy atom. The van der Waals surface area contributed by atoms with E-state index in [1.54, 1.807) is 0 Å². The Bertz CT molecular complexity index is 619. The molecule has 20 heavy (non-hydrogen) atoms. The molecule has 0 aromatic heterocycles. The average Bonchev–Trinajstić information content (AvgIpc) is 2.85. The first-order valence-corrected chi connectivity index (χ1v) is 7.24. The summed E-state index contributed by atoms with van der Waals surface area (Å²) >= 11 is 0. The van der Waals surface area contributed by atoms with Gasteiger partial charge in [0.15, 0.2) is 11.6 Å². The molecule has 1 aromatic rings. The molecule has 110 valence electrons. The second-order valence-corrected chi connectivity index (χ2v) is 5.92. The lowest BCUT2D eigenvalue weighted by atomic mass is 10.1. The van der Waals surface area contributed by atoms with Crippen molar-refractivity contribution in [2.45, 2.75) is 11.3 Å². The van der Waals surface area contributed by atoms with Crippen molar-refractivity contribution in [1.29, 1.82) is 0 Å². The molecule has 0 saturated carbocycles. The van der Waals surface area contributed by atoms with Crippen LogP contribution >= 0.6 is 0 Å². The highest BCUT2D eigenvalue weighted by Gasteiger charge is 2.26. The van der Waals surface area contributed by atoms with Crippen LogP contribution in [0, 0.1) is 17.6 Å². The van der Waals surface area contributed by atoms with Gasteiger partial charge >= 0.3 is 0 Å². The molecule has 1 aromatic carbocycles. The number of amides is 1. The largest absolute Gasteiger partial charge is 0.381 e. The van der Waals surface area contributed by atoms with Gasteiger partial charge in [-0.05, 0) is 18.6 Å².